The molecule has 0 N–H and O–H groups in total. The zero-order chi connectivity index (χ0) is 21.0. The average Bonchev–Trinajstić information content (AvgIpc) is 2.73. The van der Waals surface area contributed by atoms with Crippen LogP contribution in [-0.2, 0) is 0 Å². The maximum atomic E-state index is 13.0. The minimum atomic E-state index is -0.572. The molecular weight excluding hydrogens is 398 g/mol. The van der Waals surface area contributed by atoms with Gasteiger partial charge in [0.05, 0.1) is 24.7 Å². The molecule has 2 aromatic carbocycles. The molecule has 1 fully saturated rings. The van der Waals surface area contributed by atoms with Crippen LogP contribution in [0.4, 0.5) is 11.4 Å². The Kier molecular flexibility index (Phi) is 6.43. The summed E-state index contributed by atoms with van der Waals surface area (Å²) < 4.78 is 10.7. The van der Waals surface area contributed by atoms with Gasteiger partial charge in [0.2, 0.25) is 0 Å². The Labute approximate surface area is 173 Å². The normalized spacial score (nSPS) is 13.9. The van der Waals surface area contributed by atoms with Crippen molar-refractivity contribution in [3.63, 3.8) is 0 Å². The van der Waals surface area contributed by atoms with Gasteiger partial charge in [0, 0.05) is 43.0 Å². The van der Waals surface area contributed by atoms with Gasteiger partial charge >= 0.3 is 0 Å². The number of nitro groups is 1. The number of methoxy groups -OCH3 is 1. The van der Waals surface area contributed by atoms with Crippen LogP contribution in [0, 0.1) is 10.1 Å². The van der Waals surface area contributed by atoms with Crippen LogP contribution in [0.25, 0.3) is 0 Å². The summed E-state index contributed by atoms with van der Waals surface area (Å²) in [5.74, 6) is 0.131. The minimum Gasteiger partial charge on any atom is -0.493 e. The third-order valence-electron chi connectivity index (χ3n) is 4.75. The lowest BCUT2D eigenvalue weighted by atomic mass is 10.1. The van der Waals surface area contributed by atoms with E-state index in [9.17, 15) is 14.9 Å². The highest BCUT2D eigenvalue weighted by molar-refractivity contribution is 6.30. The average molecular weight is 420 g/mol. The third kappa shape index (κ3) is 4.54. The van der Waals surface area contributed by atoms with Gasteiger partial charge in [0.1, 0.15) is 5.56 Å². The molecule has 1 aliphatic rings. The zero-order valence-corrected chi connectivity index (χ0v) is 17.0. The molecule has 0 aromatic heterocycles. The molecule has 29 heavy (non-hydrogen) atoms. The Hall–Kier alpha value is -3.00. The van der Waals surface area contributed by atoms with Gasteiger partial charge in [-0.2, -0.15) is 0 Å². The van der Waals surface area contributed by atoms with Gasteiger partial charge in [-0.3, -0.25) is 14.9 Å². The second kappa shape index (κ2) is 9.00. The second-order valence-electron chi connectivity index (χ2n) is 6.47. The van der Waals surface area contributed by atoms with Gasteiger partial charge < -0.3 is 19.3 Å². The van der Waals surface area contributed by atoms with Gasteiger partial charge in [-0.05, 0) is 25.1 Å². The lowest BCUT2D eigenvalue weighted by Crippen LogP contribution is -2.48. The van der Waals surface area contributed by atoms with Crippen LogP contribution in [0.3, 0.4) is 0 Å². The Morgan fingerprint density at radius 1 is 1.17 bits per heavy atom. The maximum Gasteiger partial charge on any atom is 0.286 e. The van der Waals surface area contributed by atoms with E-state index in [1.807, 2.05) is 24.3 Å². The van der Waals surface area contributed by atoms with Crippen molar-refractivity contribution in [3.8, 4) is 11.5 Å². The van der Waals surface area contributed by atoms with Crippen LogP contribution >= 0.6 is 11.6 Å². The molecule has 8 nitrogen and oxygen atoms in total. The van der Waals surface area contributed by atoms with E-state index < -0.39 is 10.8 Å². The first-order valence-electron chi connectivity index (χ1n) is 9.23. The van der Waals surface area contributed by atoms with E-state index in [0.29, 0.717) is 43.6 Å². The number of nitro benzene ring substituents is 1. The minimum absolute atomic E-state index is 0.00786. The quantitative estimate of drug-likeness (QED) is 0.525. The molecule has 2 aromatic rings. The first kappa shape index (κ1) is 20.7. The van der Waals surface area contributed by atoms with E-state index in [-0.39, 0.29) is 17.0 Å². The van der Waals surface area contributed by atoms with Gasteiger partial charge in [-0.15, -0.1) is 0 Å². The van der Waals surface area contributed by atoms with Gasteiger partial charge in [0.15, 0.2) is 11.5 Å². The standard InChI is InChI=1S/C20H22ClN3O5/c1-3-29-19-13-17(24(26)27)16(12-18(19)28-2)20(25)23-9-7-22(8-10-23)15-6-4-5-14(21)11-15/h4-6,11-13H,3,7-10H2,1-2H3. The number of ether oxygens (including phenoxy) is 2. The fraction of sp³-hybridized carbons (Fsp3) is 0.350. The lowest BCUT2D eigenvalue weighted by molar-refractivity contribution is -0.385. The molecule has 0 bridgehead atoms. The van der Waals surface area contributed by atoms with Crippen molar-refractivity contribution in [2.45, 2.75) is 6.92 Å². The number of carbonyl (C=O) groups excluding carboxylic acids is 1. The summed E-state index contributed by atoms with van der Waals surface area (Å²) in [5.41, 5.74) is 0.682. The van der Waals surface area contributed by atoms with Gasteiger partial charge in [0.25, 0.3) is 11.6 Å². The number of nitrogens with zero attached hydrogens (tertiary/aromatic N) is 3. The van der Waals surface area contributed by atoms with E-state index >= 15 is 0 Å². The number of carbonyl (C=O) groups is 1. The molecule has 0 atom stereocenters. The number of piperazine rings is 1. The van der Waals surface area contributed by atoms with Crippen LogP contribution < -0.4 is 14.4 Å². The number of benzene rings is 2. The third-order valence-corrected chi connectivity index (χ3v) is 4.98. The fourth-order valence-corrected chi connectivity index (χ4v) is 3.49. The summed E-state index contributed by atoms with van der Waals surface area (Å²) in [6.45, 7) is 4.19. The number of rotatable bonds is 6. The van der Waals surface area contributed by atoms with Crippen molar-refractivity contribution in [1.82, 2.24) is 4.90 Å². The summed E-state index contributed by atoms with van der Waals surface area (Å²) in [6.07, 6.45) is 0. The molecule has 0 aliphatic carbocycles. The summed E-state index contributed by atoms with van der Waals surface area (Å²) in [4.78, 5) is 27.8. The Balaban J connectivity index is 1.81. The molecule has 0 unspecified atom stereocenters. The van der Waals surface area contributed by atoms with Crippen LogP contribution in [-0.4, -0.2) is 55.6 Å². The molecule has 1 saturated heterocycles. The highest BCUT2D eigenvalue weighted by Gasteiger charge is 2.30. The van der Waals surface area contributed by atoms with E-state index in [1.165, 1.54) is 19.2 Å². The highest BCUT2D eigenvalue weighted by Crippen LogP contribution is 2.35. The van der Waals surface area contributed by atoms with Crippen molar-refractivity contribution in [2.75, 3.05) is 44.8 Å². The van der Waals surface area contributed by atoms with Crippen molar-refractivity contribution in [1.29, 1.82) is 0 Å². The predicted octanol–water partition coefficient (Wildman–Crippen LogP) is 3.62. The summed E-state index contributed by atoms with van der Waals surface area (Å²) in [5, 5.41) is 12.2. The maximum absolute atomic E-state index is 13.0. The number of amides is 1. The van der Waals surface area contributed by atoms with Crippen molar-refractivity contribution in [3.05, 3.63) is 57.1 Å². The molecule has 1 amide bonds. The van der Waals surface area contributed by atoms with E-state index in [4.69, 9.17) is 21.1 Å². The molecule has 154 valence electrons. The second-order valence-corrected chi connectivity index (χ2v) is 6.91. The van der Waals surface area contributed by atoms with Gasteiger partial charge in [-0.1, -0.05) is 17.7 Å². The zero-order valence-electron chi connectivity index (χ0n) is 16.3. The molecule has 0 radical (unpaired) electrons. The topological polar surface area (TPSA) is 85.1 Å². The molecule has 3 rings (SSSR count). The van der Waals surface area contributed by atoms with Crippen molar-refractivity contribution >= 4 is 28.9 Å². The smallest absolute Gasteiger partial charge is 0.286 e. The Bertz CT molecular complexity index is 913. The largest absolute Gasteiger partial charge is 0.493 e. The van der Waals surface area contributed by atoms with E-state index in [1.54, 1.807) is 11.8 Å². The summed E-state index contributed by atoms with van der Waals surface area (Å²) >= 11 is 6.06. The number of halogens is 1. The van der Waals surface area contributed by atoms with Crippen LogP contribution in [0.1, 0.15) is 17.3 Å². The number of hydrogen-bond donors (Lipinski definition) is 0. The van der Waals surface area contributed by atoms with Crippen molar-refractivity contribution in [2.24, 2.45) is 0 Å². The summed E-state index contributed by atoms with van der Waals surface area (Å²) in [7, 11) is 1.43. The van der Waals surface area contributed by atoms with Crippen LogP contribution in [0.2, 0.25) is 5.02 Å². The lowest BCUT2D eigenvalue weighted by Gasteiger charge is -2.36. The van der Waals surface area contributed by atoms with E-state index in [2.05, 4.69) is 4.90 Å². The van der Waals surface area contributed by atoms with Gasteiger partial charge in [-0.25, -0.2) is 0 Å². The van der Waals surface area contributed by atoms with Crippen LogP contribution in [0.5, 0.6) is 11.5 Å². The number of hydrogen-bond acceptors (Lipinski definition) is 6. The van der Waals surface area contributed by atoms with Crippen molar-refractivity contribution < 1.29 is 19.2 Å². The summed E-state index contributed by atoms with van der Waals surface area (Å²) in [6, 6.07) is 10.2. The van der Waals surface area contributed by atoms with Crippen LogP contribution in [0.15, 0.2) is 36.4 Å². The molecule has 1 heterocycles. The molecule has 9 heteroatoms. The number of anilines is 1. The highest BCUT2D eigenvalue weighted by atomic mass is 35.5. The molecule has 0 saturated carbocycles. The SMILES string of the molecule is CCOc1cc([N+](=O)[O-])c(C(=O)N2CCN(c3cccc(Cl)c3)CC2)cc1OC. The molecular formula is C20H22ClN3O5. The van der Waals surface area contributed by atoms with E-state index in [0.717, 1.165) is 5.69 Å². The predicted molar refractivity (Wildman–Crippen MR) is 110 cm³/mol. The fourth-order valence-electron chi connectivity index (χ4n) is 3.31. The first-order chi connectivity index (χ1) is 13.9. The molecule has 1 aliphatic heterocycles. The Morgan fingerprint density at radius 3 is 2.48 bits per heavy atom. The monoisotopic (exact) mass is 419 g/mol. The molecule has 0 spiro atoms. The Morgan fingerprint density at radius 2 is 1.90 bits per heavy atom. The first-order valence-corrected chi connectivity index (χ1v) is 9.61.